The summed E-state index contributed by atoms with van der Waals surface area (Å²) in [7, 11) is 0. The van der Waals surface area contributed by atoms with Crippen LogP contribution in [0.1, 0.15) is 51.5 Å². The van der Waals surface area contributed by atoms with E-state index in [0.29, 0.717) is 32.2 Å². The van der Waals surface area contributed by atoms with Crippen LogP contribution in [0.25, 0.3) is 0 Å². The number of carboxylic acid groups (broad SMARTS) is 1. The van der Waals surface area contributed by atoms with E-state index in [1.807, 2.05) is 6.92 Å². The van der Waals surface area contributed by atoms with Crippen molar-refractivity contribution in [3.8, 4) is 5.75 Å². The van der Waals surface area contributed by atoms with Crippen LogP contribution >= 0.6 is 0 Å². The predicted molar refractivity (Wildman–Crippen MR) is 129 cm³/mol. The van der Waals surface area contributed by atoms with E-state index in [0.717, 1.165) is 18.5 Å². The van der Waals surface area contributed by atoms with E-state index >= 15 is 0 Å². The van der Waals surface area contributed by atoms with Crippen LogP contribution in [0.5, 0.6) is 5.75 Å². The lowest BCUT2D eigenvalue weighted by molar-refractivity contribution is -0.146. The zero-order valence-corrected chi connectivity index (χ0v) is 20.3. The molecule has 3 rings (SSSR count). The third-order valence-corrected chi connectivity index (χ3v) is 6.98. The molecule has 0 saturated carbocycles. The summed E-state index contributed by atoms with van der Waals surface area (Å²) in [5.41, 5.74) is 0.753. The molecule has 5 atom stereocenters. The molecule has 2 fully saturated rings. The van der Waals surface area contributed by atoms with Gasteiger partial charge in [0, 0.05) is 13.0 Å². The lowest BCUT2D eigenvalue weighted by Gasteiger charge is -2.30. The Morgan fingerprint density at radius 2 is 1.80 bits per heavy atom. The van der Waals surface area contributed by atoms with Crippen molar-refractivity contribution in [2.24, 2.45) is 5.92 Å². The second-order valence-corrected chi connectivity index (χ2v) is 9.48. The van der Waals surface area contributed by atoms with Crippen molar-refractivity contribution in [3.63, 3.8) is 0 Å². The molecule has 5 unspecified atom stereocenters. The van der Waals surface area contributed by atoms with Gasteiger partial charge in [0.15, 0.2) is 0 Å². The summed E-state index contributed by atoms with van der Waals surface area (Å²) < 4.78 is 0. The van der Waals surface area contributed by atoms with Gasteiger partial charge < -0.3 is 31.1 Å². The van der Waals surface area contributed by atoms with Crippen LogP contribution in [0.2, 0.25) is 0 Å². The Hall–Kier alpha value is -3.14. The smallest absolute Gasteiger partial charge is 0.326 e. The van der Waals surface area contributed by atoms with Crippen molar-refractivity contribution in [3.05, 3.63) is 29.8 Å². The SMILES string of the molecule is CCC(C)C(NC(=O)C1CCCN1C(=O)C(Cc1ccc(O)cc1)NC(=O)C1CCCN1)C(=O)O. The first-order chi connectivity index (χ1) is 16.7. The Kier molecular flexibility index (Phi) is 9.08. The summed E-state index contributed by atoms with van der Waals surface area (Å²) in [6.07, 6.45) is 3.38. The van der Waals surface area contributed by atoms with Crippen LogP contribution in [0.3, 0.4) is 0 Å². The van der Waals surface area contributed by atoms with Crippen LogP contribution in [0.15, 0.2) is 24.3 Å². The fourth-order valence-corrected chi connectivity index (χ4v) is 4.68. The third-order valence-electron chi connectivity index (χ3n) is 6.98. The average Bonchev–Trinajstić information content (AvgIpc) is 3.54. The molecule has 5 N–H and O–H groups in total. The van der Waals surface area contributed by atoms with Crippen molar-refractivity contribution < 1.29 is 29.4 Å². The number of phenols is 1. The van der Waals surface area contributed by atoms with Gasteiger partial charge in [-0.2, -0.15) is 0 Å². The number of likely N-dealkylation sites (tertiary alicyclic amines) is 1. The minimum atomic E-state index is -1.11. The number of nitrogens with one attached hydrogen (secondary N) is 3. The quantitative estimate of drug-likeness (QED) is 0.327. The highest BCUT2D eigenvalue weighted by molar-refractivity contribution is 5.94. The first-order valence-electron chi connectivity index (χ1n) is 12.4. The molecular formula is C25H36N4O6. The monoisotopic (exact) mass is 488 g/mol. The number of amides is 3. The van der Waals surface area contributed by atoms with Gasteiger partial charge in [0.25, 0.3) is 0 Å². The van der Waals surface area contributed by atoms with Gasteiger partial charge in [-0.25, -0.2) is 4.79 Å². The molecule has 0 spiro atoms. The van der Waals surface area contributed by atoms with Crippen molar-refractivity contribution >= 4 is 23.7 Å². The summed E-state index contributed by atoms with van der Waals surface area (Å²) >= 11 is 0. The van der Waals surface area contributed by atoms with Gasteiger partial charge in [-0.05, 0) is 55.8 Å². The number of carbonyl (C=O) groups is 4. The van der Waals surface area contributed by atoms with Crippen LogP contribution in [-0.4, -0.2) is 76.1 Å². The molecule has 10 heteroatoms. The van der Waals surface area contributed by atoms with E-state index in [1.54, 1.807) is 19.1 Å². The Bertz CT molecular complexity index is 915. The fourth-order valence-electron chi connectivity index (χ4n) is 4.68. The highest BCUT2D eigenvalue weighted by Crippen LogP contribution is 2.21. The summed E-state index contributed by atoms with van der Waals surface area (Å²) in [5, 5.41) is 27.7. The van der Waals surface area contributed by atoms with Gasteiger partial charge in [0.05, 0.1) is 6.04 Å². The van der Waals surface area contributed by atoms with Crippen LogP contribution in [0.4, 0.5) is 0 Å². The maximum Gasteiger partial charge on any atom is 0.326 e. The van der Waals surface area contributed by atoms with E-state index in [2.05, 4.69) is 16.0 Å². The van der Waals surface area contributed by atoms with Gasteiger partial charge in [-0.3, -0.25) is 14.4 Å². The standard InChI is InChI=1S/C25H36N4O6/c1-3-15(2)21(25(34)35)28-23(32)20-7-5-13-29(20)24(33)19(14-16-8-10-17(30)11-9-16)27-22(31)18-6-4-12-26-18/h8-11,15,18-21,26,30H,3-7,12-14H2,1-2H3,(H,27,31)(H,28,32)(H,34,35). The van der Waals surface area contributed by atoms with Crippen LogP contribution < -0.4 is 16.0 Å². The molecule has 0 aliphatic carbocycles. The molecule has 2 aliphatic heterocycles. The summed E-state index contributed by atoms with van der Waals surface area (Å²) in [6.45, 7) is 4.70. The molecule has 0 radical (unpaired) electrons. The minimum absolute atomic E-state index is 0.0985. The minimum Gasteiger partial charge on any atom is -0.508 e. The number of carbonyl (C=O) groups excluding carboxylic acids is 3. The molecule has 1 aromatic carbocycles. The number of aliphatic carboxylic acids is 1. The van der Waals surface area contributed by atoms with Crippen molar-refractivity contribution in [2.75, 3.05) is 13.1 Å². The molecule has 3 amide bonds. The average molecular weight is 489 g/mol. The van der Waals surface area contributed by atoms with Crippen LogP contribution in [0, 0.1) is 5.92 Å². The Balaban J connectivity index is 1.77. The highest BCUT2D eigenvalue weighted by atomic mass is 16.4. The number of rotatable bonds is 10. The fraction of sp³-hybridized carbons (Fsp3) is 0.600. The molecule has 2 saturated heterocycles. The van der Waals surface area contributed by atoms with E-state index < -0.39 is 30.0 Å². The number of carboxylic acids is 1. The van der Waals surface area contributed by atoms with Crippen molar-refractivity contribution in [1.82, 2.24) is 20.9 Å². The van der Waals surface area contributed by atoms with Gasteiger partial charge in [0.2, 0.25) is 17.7 Å². The maximum absolute atomic E-state index is 13.6. The zero-order valence-electron chi connectivity index (χ0n) is 20.3. The number of nitrogens with zero attached hydrogens (tertiary/aromatic N) is 1. The molecule has 10 nitrogen and oxygen atoms in total. The number of hydrogen-bond donors (Lipinski definition) is 5. The highest BCUT2D eigenvalue weighted by Gasteiger charge is 2.40. The summed E-state index contributed by atoms with van der Waals surface area (Å²) in [6, 6.07) is 3.32. The lowest BCUT2D eigenvalue weighted by atomic mass is 9.98. The number of aromatic hydroxyl groups is 1. The second-order valence-electron chi connectivity index (χ2n) is 9.48. The van der Waals surface area contributed by atoms with E-state index in [9.17, 15) is 29.4 Å². The Labute approximate surface area is 205 Å². The molecule has 0 bridgehead atoms. The van der Waals surface area contributed by atoms with E-state index in [4.69, 9.17) is 0 Å². The Morgan fingerprint density at radius 3 is 2.40 bits per heavy atom. The number of hydrogen-bond acceptors (Lipinski definition) is 6. The molecule has 2 aliphatic rings. The second kappa shape index (κ2) is 12.0. The summed E-state index contributed by atoms with van der Waals surface area (Å²) in [5.74, 6) is -2.40. The zero-order chi connectivity index (χ0) is 25.5. The number of phenolic OH excluding ortho intramolecular Hbond substituents is 1. The normalized spacial score (nSPS) is 22.3. The topological polar surface area (TPSA) is 148 Å². The van der Waals surface area contributed by atoms with Crippen molar-refractivity contribution in [1.29, 1.82) is 0 Å². The van der Waals surface area contributed by atoms with Gasteiger partial charge in [-0.15, -0.1) is 0 Å². The first-order valence-corrected chi connectivity index (χ1v) is 12.4. The van der Waals surface area contributed by atoms with E-state index in [-0.39, 0.29) is 35.9 Å². The maximum atomic E-state index is 13.6. The molecule has 35 heavy (non-hydrogen) atoms. The van der Waals surface area contributed by atoms with E-state index in [1.165, 1.54) is 17.0 Å². The molecule has 0 aromatic heterocycles. The molecular weight excluding hydrogens is 452 g/mol. The first kappa shape index (κ1) is 26.5. The lowest BCUT2D eigenvalue weighted by Crippen LogP contribution is -2.57. The Morgan fingerprint density at radius 1 is 1.09 bits per heavy atom. The number of benzene rings is 1. The molecule has 1 aromatic rings. The predicted octanol–water partition coefficient (Wildman–Crippen LogP) is 0.778. The summed E-state index contributed by atoms with van der Waals surface area (Å²) in [4.78, 5) is 52.7. The van der Waals surface area contributed by atoms with Crippen LogP contribution in [-0.2, 0) is 25.6 Å². The van der Waals surface area contributed by atoms with Gasteiger partial charge in [-0.1, -0.05) is 32.4 Å². The van der Waals surface area contributed by atoms with Gasteiger partial charge >= 0.3 is 5.97 Å². The largest absolute Gasteiger partial charge is 0.508 e. The van der Waals surface area contributed by atoms with Gasteiger partial charge in [0.1, 0.15) is 23.9 Å². The van der Waals surface area contributed by atoms with Crippen molar-refractivity contribution in [2.45, 2.75) is 76.5 Å². The molecule has 192 valence electrons. The molecule has 2 heterocycles. The third kappa shape index (κ3) is 6.72.